The van der Waals surface area contributed by atoms with Gasteiger partial charge in [0.25, 0.3) is 0 Å². The van der Waals surface area contributed by atoms with Crippen molar-refractivity contribution in [1.29, 1.82) is 5.26 Å². The van der Waals surface area contributed by atoms with Gasteiger partial charge >= 0.3 is 0 Å². The number of pyridine rings is 1. The fourth-order valence-corrected chi connectivity index (χ4v) is 1.98. The molecule has 0 fully saturated rings. The minimum Gasteiger partial charge on any atom is -0.434 e. The van der Waals surface area contributed by atoms with Gasteiger partial charge in [-0.1, -0.05) is 34.4 Å². The third-order valence-corrected chi connectivity index (χ3v) is 3.03. The molecule has 1 aromatic carbocycles. The van der Waals surface area contributed by atoms with Crippen LogP contribution in [0.3, 0.4) is 0 Å². The average Bonchev–Trinajstić information content (AvgIpc) is 2.50. The maximum atomic E-state index is 14.3. The van der Waals surface area contributed by atoms with Crippen LogP contribution in [0.1, 0.15) is 11.1 Å². The highest BCUT2D eigenvalue weighted by Crippen LogP contribution is 2.34. The van der Waals surface area contributed by atoms with E-state index in [2.05, 4.69) is 15.0 Å². The van der Waals surface area contributed by atoms with Crippen molar-refractivity contribution < 1.29 is 9.13 Å². The molecule has 9 heteroatoms. The Balaban J connectivity index is 2.43. The van der Waals surface area contributed by atoms with Crippen LogP contribution in [0, 0.1) is 17.1 Å². The highest BCUT2D eigenvalue weighted by molar-refractivity contribution is 6.32. The van der Waals surface area contributed by atoms with Gasteiger partial charge in [-0.25, -0.2) is 9.37 Å². The third-order valence-electron chi connectivity index (χ3n) is 2.54. The molecule has 0 aliphatic carbocycles. The highest BCUT2D eigenvalue weighted by Gasteiger charge is 2.15. The molecule has 1 aromatic heterocycles. The van der Waals surface area contributed by atoms with E-state index in [0.29, 0.717) is 0 Å². The molecule has 110 valence electrons. The Labute approximate surface area is 134 Å². The van der Waals surface area contributed by atoms with E-state index in [4.69, 9.17) is 38.7 Å². The van der Waals surface area contributed by atoms with Crippen molar-refractivity contribution in [3.8, 4) is 17.7 Å². The highest BCUT2D eigenvalue weighted by atomic mass is 35.5. The summed E-state index contributed by atoms with van der Waals surface area (Å²) in [5, 5.41) is 12.2. The minimum absolute atomic E-state index is 0.00229. The van der Waals surface area contributed by atoms with E-state index in [9.17, 15) is 4.39 Å². The fourth-order valence-electron chi connectivity index (χ4n) is 1.59. The zero-order chi connectivity index (χ0) is 16.1. The summed E-state index contributed by atoms with van der Waals surface area (Å²) in [5.41, 5.74) is 8.61. The number of hydrogen-bond donors (Lipinski definition) is 0. The molecule has 0 saturated heterocycles. The first-order chi connectivity index (χ1) is 10.5. The molecular weight excluding hydrogens is 332 g/mol. The number of aromatic nitrogens is 1. The van der Waals surface area contributed by atoms with Gasteiger partial charge < -0.3 is 4.74 Å². The van der Waals surface area contributed by atoms with Crippen LogP contribution >= 0.6 is 23.2 Å². The summed E-state index contributed by atoms with van der Waals surface area (Å²) in [7, 11) is 0. The number of hydrogen-bond acceptors (Lipinski definition) is 4. The third kappa shape index (κ3) is 3.57. The number of azide groups is 1. The topological polar surface area (TPSA) is 94.7 Å². The van der Waals surface area contributed by atoms with Crippen molar-refractivity contribution in [2.75, 3.05) is 0 Å². The van der Waals surface area contributed by atoms with Crippen LogP contribution in [0.25, 0.3) is 10.4 Å². The molecule has 0 bridgehead atoms. The zero-order valence-corrected chi connectivity index (χ0v) is 12.3. The summed E-state index contributed by atoms with van der Waals surface area (Å²) < 4.78 is 19.6. The van der Waals surface area contributed by atoms with E-state index >= 15 is 0 Å². The molecule has 0 aliphatic rings. The van der Waals surface area contributed by atoms with Crippen LogP contribution in [0.2, 0.25) is 10.2 Å². The summed E-state index contributed by atoms with van der Waals surface area (Å²) >= 11 is 11.7. The number of rotatable bonds is 4. The second kappa shape index (κ2) is 6.96. The first kappa shape index (κ1) is 15.9. The lowest BCUT2D eigenvalue weighted by molar-refractivity contribution is 0.424. The normalized spacial score (nSPS) is 9.73. The van der Waals surface area contributed by atoms with E-state index in [0.717, 1.165) is 0 Å². The van der Waals surface area contributed by atoms with Crippen LogP contribution in [0.4, 0.5) is 4.39 Å². The molecule has 0 atom stereocenters. The number of nitriles is 1. The van der Waals surface area contributed by atoms with Crippen molar-refractivity contribution in [1.82, 2.24) is 4.98 Å². The Kier molecular flexibility index (Phi) is 5.02. The van der Waals surface area contributed by atoms with E-state index in [1.807, 2.05) is 6.07 Å². The van der Waals surface area contributed by atoms with Gasteiger partial charge in [-0.3, -0.25) is 0 Å². The summed E-state index contributed by atoms with van der Waals surface area (Å²) in [6, 6.07) is 7.29. The van der Waals surface area contributed by atoms with Crippen molar-refractivity contribution in [3.05, 3.63) is 61.8 Å². The summed E-state index contributed by atoms with van der Waals surface area (Å²) in [4.78, 5) is 6.40. The summed E-state index contributed by atoms with van der Waals surface area (Å²) in [6.07, 6.45) is 0. The maximum Gasteiger partial charge on any atom is 0.222 e. The number of benzene rings is 1. The first-order valence-electron chi connectivity index (χ1n) is 5.78. The molecule has 2 aromatic rings. The summed E-state index contributed by atoms with van der Waals surface area (Å²) in [6.45, 7) is -0.192. The van der Waals surface area contributed by atoms with Gasteiger partial charge in [0, 0.05) is 11.0 Å². The number of nitrogens with zero attached hydrogens (tertiary/aromatic N) is 5. The van der Waals surface area contributed by atoms with Gasteiger partial charge in [0.15, 0.2) is 11.6 Å². The smallest absolute Gasteiger partial charge is 0.222 e. The van der Waals surface area contributed by atoms with Gasteiger partial charge in [-0.2, -0.15) is 5.26 Å². The first-order valence-corrected chi connectivity index (χ1v) is 6.54. The van der Waals surface area contributed by atoms with Crippen LogP contribution in [-0.2, 0) is 6.54 Å². The molecule has 2 rings (SSSR count). The Hall–Kier alpha value is -2.52. The zero-order valence-electron chi connectivity index (χ0n) is 10.8. The molecule has 0 N–H and O–H groups in total. The Morgan fingerprint density at radius 1 is 1.41 bits per heavy atom. The number of ether oxygens (including phenoxy) is 1. The standard InChI is InChI=1S/C13H6Cl2FN5O/c14-9-2-1-8(6-19-21-18)12(16)13(9)22-11-4-7(5-17)3-10(15)20-11/h1-4H,6H2. The Morgan fingerprint density at radius 3 is 2.86 bits per heavy atom. The minimum atomic E-state index is -0.778. The molecule has 22 heavy (non-hydrogen) atoms. The van der Waals surface area contributed by atoms with Crippen molar-refractivity contribution >= 4 is 23.2 Å². The van der Waals surface area contributed by atoms with Crippen molar-refractivity contribution in [2.45, 2.75) is 6.54 Å². The average molecular weight is 338 g/mol. The molecule has 1 heterocycles. The predicted octanol–water partition coefficient (Wildman–Crippen LogP) is 5.00. The molecule has 0 spiro atoms. The number of halogens is 3. The summed E-state index contributed by atoms with van der Waals surface area (Å²) in [5.74, 6) is -1.14. The second-order valence-corrected chi connectivity index (χ2v) is 4.76. The van der Waals surface area contributed by atoms with Gasteiger partial charge in [-0.15, -0.1) is 0 Å². The van der Waals surface area contributed by atoms with Gasteiger partial charge in [0.2, 0.25) is 5.88 Å². The van der Waals surface area contributed by atoms with Crippen molar-refractivity contribution in [2.24, 2.45) is 5.11 Å². The van der Waals surface area contributed by atoms with E-state index in [-0.39, 0.29) is 39.5 Å². The second-order valence-electron chi connectivity index (χ2n) is 3.97. The van der Waals surface area contributed by atoms with E-state index in [1.54, 1.807) is 0 Å². The molecule has 0 aliphatic heterocycles. The van der Waals surface area contributed by atoms with Gasteiger partial charge in [0.05, 0.1) is 23.2 Å². The molecule has 0 radical (unpaired) electrons. The predicted molar refractivity (Wildman–Crippen MR) is 78.3 cm³/mol. The monoisotopic (exact) mass is 337 g/mol. The lowest BCUT2D eigenvalue weighted by atomic mass is 10.2. The van der Waals surface area contributed by atoms with Gasteiger partial charge in [0.1, 0.15) is 5.15 Å². The van der Waals surface area contributed by atoms with Crippen LogP contribution < -0.4 is 4.74 Å². The largest absolute Gasteiger partial charge is 0.434 e. The molecule has 6 nitrogen and oxygen atoms in total. The Bertz CT molecular complexity index is 815. The SMILES string of the molecule is N#Cc1cc(Cl)nc(Oc2c(Cl)ccc(CN=[N+]=[N-])c2F)c1. The molecule has 0 amide bonds. The van der Waals surface area contributed by atoms with Crippen molar-refractivity contribution in [3.63, 3.8) is 0 Å². The van der Waals surface area contributed by atoms with Crippen LogP contribution in [0.15, 0.2) is 29.4 Å². The molecular formula is C13H6Cl2FN5O. The lowest BCUT2D eigenvalue weighted by Gasteiger charge is -2.10. The molecule has 0 unspecified atom stereocenters. The van der Waals surface area contributed by atoms with E-state index in [1.165, 1.54) is 24.3 Å². The van der Waals surface area contributed by atoms with Gasteiger partial charge in [-0.05, 0) is 23.2 Å². The van der Waals surface area contributed by atoms with Crippen LogP contribution in [0.5, 0.6) is 11.6 Å². The Morgan fingerprint density at radius 2 is 2.18 bits per heavy atom. The lowest BCUT2D eigenvalue weighted by Crippen LogP contribution is -1.97. The maximum absolute atomic E-state index is 14.3. The molecule has 0 saturated carbocycles. The quantitative estimate of drug-likeness (QED) is 0.340. The fraction of sp³-hybridized carbons (Fsp3) is 0.0769. The van der Waals surface area contributed by atoms with E-state index < -0.39 is 5.82 Å². The van der Waals surface area contributed by atoms with Crippen LogP contribution in [-0.4, -0.2) is 4.98 Å².